The molecule has 10 heteroatoms. The van der Waals surface area contributed by atoms with Crippen LogP contribution in [0.15, 0.2) is 46.9 Å². The molecule has 3 rings (SSSR count). The molecule has 1 saturated heterocycles. The molecule has 0 aliphatic carbocycles. The summed E-state index contributed by atoms with van der Waals surface area (Å²) in [6.45, 7) is 1.73. The van der Waals surface area contributed by atoms with Crippen molar-refractivity contribution in [2.75, 3.05) is 12.8 Å². The molecule has 0 spiro atoms. The van der Waals surface area contributed by atoms with Crippen LogP contribution in [0.2, 0.25) is 0 Å². The van der Waals surface area contributed by atoms with Gasteiger partial charge in [0.2, 0.25) is 0 Å². The highest BCUT2D eigenvalue weighted by Gasteiger charge is 2.52. The first-order valence-electron chi connectivity index (χ1n) is 8.69. The third-order valence-corrected chi connectivity index (χ3v) is 6.96. The topological polar surface area (TPSA) is 75.7 Å². The number of benzene rings is 2. The van der Waals surface area contributed by atoms with Gasteiger partial charge in [-0.2, -0.15) is 8.42 Å². The molecule has 1 fully saturated rings. The van der Waals surface area contributed by atoms with Gasteiger partial charge in [-0.1, -0.05) is 25.1 Å². The van der Waals surface area contributed by atoms with E-state index >= 15 is 0 Å². The monoisotopic (exact) mass is 500 g/mol. The lowest BCUT2D eigenvalue weighted by Gasteiger charge is -2.35. The van der Waals surface area contributed by atoms with Crippen molar-refractivity contribution < 1.29 is 21.8 Å². The molecule has 1 amide bonds. The second kappa shape index (κ2) is 8.00. The summed E-state index contributed by atoms with van der Waals surface area (Å²) >= 11 is 8.42. The van der Waals surface area contributed by atoms with Crippen LogP contribution in [-0.2, 0) is 20.5 Å². The van der Waals surface area contributed by atoms with Crippen molar-refractivity contribution in [1.29, 1.82) is 0 Å². The highest BCUT2D eigenvalue weighted by Crippen LogP contribution is 2.41. The van der Waals surface area contributed by atoms with Gasteiger partial charge in [0, 0.05) is 7.05 Å². The van der Waals surface area contributed by atoms with Crippen molar-refractivity contribution >= 4 is 49.3 Å². The molecule has 1 aliphatic rings. The lowest BCUT2D eigenvalue weighted by molar-refractivity contribution is -0.124. The Labute approximate surface area is 182 Å². The van der Waals surface area contributed by atoms with Crippen molar-refractivity contribution in [1.82, 2.24) is 10.2 Å². The molecule has 2 aromatic carbocycles. The molecule has 0 aromatic heterocycles. The minimum Gasteiger partial charge on any atom is -0.382 e. The van der Waals surface area contributed by atoms with Gasteiger partial charge in [-0.05, 0) is 70.0 Å². The molecule has 154 valence electrons. The first kappa shape index (κ1) is 21.7. The predicted molar refractivity (Wildman–Crippen MR) is 115 cm³/mol. The van der Waals surface area contributed by atoms with Crippen LogP contribution in [0.5, 0.6) is 5.75 Å². The zero-order valence-electron chi connectivity index (χ0n) is 15.6. The van der Waals surface area contributed by atoms with E-state index in [1.54, 1.807) is 31.0 Å². The molecule has 1 atom stereocenters. The molecule has 2 aromatic rings. The Morgan fingerprint density at radius 3 is 2.52 bits per heavy atom. The SMILES string of the molecule is CCCS(=O)(=O)Oc1cccc(C2(c3ccc(F)c(Br)c3)C(=O)NC(=S)N2C)c1. The summed E-state index contributed by atoms with van der Waals surface area (Å²) < 4.78 is 43.3. The number of halogens is 2. The third kappa shape index (κ3) is 3.88. The Morgan fingerprint density at radius 1 is 1.24 bits per heavy atom. The van der Waals surface area contributed by atoms with Crippen LogP contribution in [0.25, 0.3) is 0 Å². The normalized spacial score (nSPS) is 19.4. The Hall–Kier alpha value is -2.04. The van der Waals surface area contributed by atoms with E-state index in [4.69, 9.17) is 16.4 Å². The Kier molecular flexibility index (Phi) is 5.98. The average Bonchev–Trinajstić information content (AvgIpc) is 2.87. The fraction of sp³-hybridized carbons (Fsp3) is 0.263. The Bertz CT molecular complexity index is 1090. The summed E-state index contributed by atoms with van der Waals surface area (Å²) in [6.07, 6.45) is 0.412. The third-order valence-electron chi connectivity index (χ3n) is 4.62. The molecule has 1 N–H and O–H groups in total. The Morgan fingerprint density at radius 2 is 1.93 bits per heavy atom. The predicted octanol–water partition coefficient (Wildman–Crippen LogP) is 3.30. The number of rotatable bonds is 6. The fourth-order valence-corrected chi connectivity index (χ4v) is 4.91. The molecule has 1 heterocycles. The number of nitrogens with zero attached hydrogens (tertiary/aromatic N) is 1. The quantitative estimate of drug-likeness (QED) is 0.484. The van der Waals surface area contributed by atoms with E-state index in [9.17, 15) is 17.6 Å². The number of likely N-dealkylation sites (N-methyl/N-ethyl adjacent to an activating group) is 1. The fourth-order valence-electron chi connectivity index (χ4n) is 3.32. The van der Waals surface area contributed by atoms with Crippen molar-refractivity contribution in [2.24, 2.45) is 0 Å². The van der Waals surface area contributed by atoms with Gasteiger partial charge in [-0.3, -0.25) is 4.79 Å². The summed E-state index contributed by atoms with van der Waals surface area (Å²) in [7, 11) is -2.12. The van der Waals surface area contributed by atoms with E-state index in [-0.39, 0.29) is 21.1 Å². The summed E-state index contributed by atoms with van der Waals surface area (Å²) in [5.74, 6) is -0.958. The standard InChI is InChI=1S/C19H18BrFN2O4S2/c1-3-9-29(25,26)27-14-6-4-5-12(10-14)19(17(24)22-18(28)23(19)2)13-7-8-16(21)15(20)11-13/h4-8,10-11H,3,9H2,1-2H3,(H,22,24,28). The van der Waals surface area contributed by atoms with Gasteiger partial charge in [-0.25, -0.2) is 4.39 Å². The van der Waals surface area contributed by atoms with E-state index in [1.165, 1.54) is 30.3 Å². The lowest BCUT2D eigenvalue weighted by atomic mass is 9.81. The van der Waals surface area contributed by atoms with Gasteiger partial charge in [0.1, 0.15) is 11.6 Å². The molecule has 1 aliphatic heterocycles. The molecule has 6 nitrogen and oxygen atoms in total. The minimum atomic E-state index is -3.76. The number of carbonyl (C=O) groups is 1. The number of hydrogen-bond donors (Lipinski definition) is 1. The molecule has 1 unspecified atom stereocenters. The van der Waals surface area contributed by atoms with Crippen LogP contribution in [0, 0.1) is 5.82 Å². The molecular weight excluding hydrogens is 483 g/mol. The van der Waals surface area contributed by atoms with E-state index in [2.05, 4.69) is 21.2 Å². The number of nitrogens with one attached hydrogen (secondary N) is 1. The van der Waals surface area contributed by atoms with E-state index in [0.717, 1.165) is 0 Å². The maximum atomic E-state index is 13.8. The first-order chi connectivity index (χ1) is 13.6. The van der Waals surface area contributed by atoms with Crippen LogP contribution < -0.4 is 9.50 Å². The molecule has 0 saturated carbocycles. The zero-order valence-corrected chi connectivity index (χ0v) is 18.8. The second-order valence-corrected chi connectivity index (χ2v) is 9.46. The lowest BCUT2D eigenvalue weighted by Crippen LogP contribution is -2.46. The largest absolute Gasteiger partial charge is 0.382 e. The molecule has 0 bridgehead atoms. The molecule has 29 heavy (non-hydrogen) atoms. The average molecular weight is 501 g/mol. The van der Waals surface area contributed by atoms with E-state index in [0.29, 0.717) is 17.5 Å². The highest BCUT2D eigenvalue weighted by atomic mass is 79.9. The van der Waals surface area contributed by atoms with Crippen LogP contribution in [0.3, 0.4) is 0 Å². The van der Waals surface area contributed by atoms with Crippen molar-refractivity contribution in [3.8, 4) is 5.75 Å². The maximum absolute atomic E-state index is 13.8. The summed E-state index contributed by atoms with van der Waals surface area (Å²) in [6, 6.07) is 10.5. The number of thiocarbonyl (C=S) groups is 1. The van der Waals surface area contributed by atoms with Crippen molar-refractivity contribution in [3.05, 3.63) is 63.9 Å². The summed E-state index contributed by atoms with van der Waals surface area (Å²) in [4.78, 5) is 14.7. The maximum Gasteiger partial charge on any atom is 0.309 e. The van der Waals surface area contributed by atoms with Gasteiger partial charge < -0.3 is 14.4 Å². The van der Waals surface area contributed by atoms with Gasteiger partial charge in [-0.15, -0.1) is 0 Å². The van der Waals surface area contributed by atoms with Crippen molar-refractivity contribution in [3.63, 3.8) is 0 Å². The molecular formula is C19H18BrFN2O4S2. The van der Waals surface area contributed by atoms with Crippen LogP contribution in [-0.4, -0.2) is 37.1 Å². The molecule has 0 radical (unpaired) electrons. The number of amides is 1. The zero-order chi connectivity index (χ0) is 21.4. The van der Waals surface area contributed by atoms with Crippen LogP contribution in [0.1, 0.15) is 24.5 Å². The summed E-state index contributed by atoms with van der Waals surface area (Å²) in [5, 5.41) is 2.82. The smallest absolute Gasteiger partial charge is 0.309 e. The highest BCUT2D eigenvalue weighted by molar-refractivity contribution is 9.10. The van der Waals surface area contributed by atoms with Gasteiger partial charge in [0.25, 0.3) is 5.91 Å². The first-order valence-corrected chi connectivity index (χ1v) is 11.5. The van der Waals surface area contributed by atoms with Crippen LogP contribution >= 0.6 is 28.1 Å². The minimum absolute atomic E-state index is 0.0792. The Balaban J connectivity index is 2.19. The van der Waals surface area contributed by atoms with E-state index < -0.39 is 27.4 Å². The second-order valence-electron chi connectivity index (χ2n) is 6.53. The van der Waals surface area contributed by atoms with Gasteiger partial charge >= 0.3 is 10.1 Å². The van der Waals surface area contributed by atoms with Crippen molar-refractivity contribution in [2.45, 2.75) is 18.9 Å². The van der Waals surface area contributed by atoms with Gasteiger partial charge in [0.15, 0.2) is 10.7 Å². The van der Waals surface area contributed by atoms with Crippen LogP contribution in [0.4, 0.5) is 4.39 Å². The number of hydrogen-bond acceptors (Lipinski definition) is 5. The number of carbonyl (C=O) groups excluding carboxylic acids is 1. The summed E-state index contributed by atoms with van der Waals surface area (Å²) in [5.41, 5.74) is -0.527. The van der Waals surface area contributed by atoms with Gasteiger partial charge in [0.05, 0.1) is 10.2 Å². The van der Waals surface area contributed by atoms with E-state index in [1.807, 2.05) is 0 Å².